The molecule has 2 aromatic rings. The number of aryl methyl sites for hydroxylation is 1. The summed E-state index contributed by atoms with van der Waals surface area (Å²) in [5.74, 6) is -1.40. The zero-order valence-corrected chi connectivity index (χ0v) is 14.6. The molecule has 0 fully saturated rings. The van der Waals surface area contributed by atoms with Gasteiger partial charge in [-0.05, 0) is 31.2 Å². The fraction of sp³-hybridized carbons (Fsp3) is 0.278. The van der Waals surface area contributed by atoms with Crippen molar-refractivity contribution in [3.63, 3.8) is 0 Å². The van der Waals surface area contributed by atoms with Gasteiger partial charge in [-0.3, -0.25) is 9.59 Å². The highest BCUT2D eigenvalue weighted by Crippen LogP contribution is 2.21. The van der Waals surface area contributed by atoms with Gasteiger partial charge in [0, 0.05) is 31.4 Å². The van der Waals surface area contributed by atoms with E-state index in [1.54, 1.807) is 28.8 Å². The molecular weight excluding hydrogens is 322 g/mol. The van der Waals surface area contributed by atoms with Crippen LogP contribution in [0, 0.1) is 0 Å². The SMILES string of the molecule is CCN.CCn1cc(C(=O)O)c(=O)cc1-c1ccc(NC(C)=O)cc1. The number of hydrogen-bond acceptors (Lipinski definition) is 4. The summed E-state index contributed by atoms with van der Waals surface area (Å²) in [4.78, 5) is 33.9. The smallest absolute Gasteiger partial charge is 0.341 e. The van der Waals surface area contributed by atoms with Crippen LogP contribution >= 0.6 is 0 Å². The molecule has 0 atom stereocenters. The van der Waals surface area contributed by atoms with Crippen molar-refractivity contribution in [2.45, 2.75) is 27.3 Å². The zero-order valence-electron chi connectivity index (χ0n) is 14.6. The van der Waals surface area contributed by atoms with Gasteiger partial charge in [0.15, 0.2) is 5.43 Å². The third-order valence-corrected chi connectivity index (χ3v) is 3.20. The molecule has 134 valence electrons. The molecule has 7 nitrogen and oxygen atoms in total. The van der Waals surface area contributed by atoms with E-state index < -0.39 is 11.4 Å². The molecule has 25 heavy (non-hydrogen) atoms. The standard InChI is InChI=1S/C16H16N2O4.C2H7N/c1-3-18-9-13(16(21)22)15(20)8-14(18)11-4-6-12(7-5-11)17-10(2)19;1-2-3/h4-9H,3H2,1-2H3,(H,17,19)(H,21,22);2-3H2,1H3. The zero-order chi connectivity index (χ0) is 19.0. The lowest BCUT2D eigenvalue weighted by Crippen LogP contribution is -2.18. The molecular formula is C18H23N3O4. The van der Waals surface area contributed by atoms with Gasteiger partial charge in [0.05, 0.1) is 5.69 Å². The number of rotatable bonds is 4. The third-order valence-electron chi connectivity index (χ3n) is 3.20. The van der Waals surface area contributed by atoms with Crippen LogP contribution in [-0.4, -0.2) is 28.1 Å². The van der Waals surface area contributed by atoms with Crippen LogP contribution in [0.4, 0.5) is 5.69 Å². The molecule has 1 aromatic heterocycles. The van der Waals surface area contributed by atoms with Gasteiger partial charge in [-0.2, -0.15) is 0 Å². The quantitative estimate of drug-likeness (QED) is 0.785. The molecule has 0 aliphatic rings. The Balaban J connectivity index is 0.000000970. The number of pyridine rings is 1. The summed E-state index contributed by atoms with van der Waals surface area (Å²) in [5, 5.41) is 11.7. The minimum absolute atomic E-state index is 0.163. The lowest BCUT2D eigenvalue weighted by molar-refractivity contribution is -0.114. The lowest BCUT2D eigenvalue weighted by atomic mass is 10.1. The Kier molecular flexibility index (Phi) is 7.55. The molecule has 0 saturated heterocycles. The van der Waals surface area contributed by atoms with Gasteiger partial charge in [0.1, 0.15) is 5.56 Å². The Labute approximate surface area is 146 Å². The highest BCUT2D eigenvalue weighted by molar-refractivity contribution is 5.89. The summed E-state index contributed by atoms with van der Waals surface area (Å²) in [7, 11) is 0. The average molecular weight is 345 g/mol. The number of nitrogens with zero attached hydrogens (tertiary/aromatic N) is 1. The van der Waals surface area contributed by atoms with Crippen molar-refractivity contribution in [1.82, 2.24) is 4.57 Å². The number of amides is 1. The summed E-state index contributed by atoms with van der Waals surface area (Å²) in [6.07, 6.45) is 1.35. The van der Waals surface area contributed by atoms with Gasteiger partial charge in [0.25, 0.3) is 0 Å². The third kappa shape index (κ3) is 5.58. The highest BCUT2D eigenvalue weighted by Gasteiger charge is 2.13. The molecule has 0 bridgehead atoms. The number of benzene rings is 1. The maximum absolute atomic E-state index is 11.9. The van der Waals surface area contributed by atoms with Crippen molar-refractivity contribution in [2.24, 2.45) is 5.73 Å². The Morgan fingerprint density at radius 1 is 1.20 bits per heavy atom. The van der Waals surface area contributed by atoms with E-state index >= 15 is 0 Å². The van der Waals surface area contributed by atoms with E-state index in [9.17, 15) is 14.4 Å². The molecule has 7 heteroatoms. The first-order valence-corrected chi connectivity index (χ1v) is 7.89. The van der Waals surface area contributed by atoms with Crippen molar-refractivity contribution in [3.05, 3.63) is 52.3 Å². The summed E-state index contributed by atoms with van der Waals surface area (Å²) in [6.45, 7) is 6.47. The Morgan fingerprint density at radius 2 is 1.76 bits per heavy atom. The van der Waals surface area contributed by atoms with Crippen LogP contribution in [0.1, 0.15) is 31.1 Å². The number of carboxylic acids is 1. The van der Waals surface area contributed by atoms with Crippen LogP contribution in [0.5, 0.6) is 0 Å². The number of anilines is 1. The van der Waals surface area contributed by atoms with Crippen LogP contribution in [0.2, 0.25) is 0 Å². The predicted octanol–water partition coefficient (Wildman–Crippen LogP) is 2.16. The van der Waals surface area contributed by atoms with E-state index in [4.69, 9.17) is 10.8 Å². The number of nitrogens with two attached hydrogens (primary N) is 1. The Bertz CT molecular complexity index is 795. The molecule has 0 aliphatic heterocycles. The molecule has 2 rings (SSSR count). The van der Waals surface area contributed by atoms with Crippen molar-refractivity contribution in [2.75, 3.05) is 11.9 Å². The highest BCUT2D eigenvalue weighted by atomic mass is 16.4. The summed E-state index contributed by atoms with van der Waals surface area (Å²) < 4.78 is 1.71. The maximum Gasteiger partial charge on any atom is 0.341 e. The van der Waals surface area contributed by atoms with Gasteiger partial charge < -0.3 is 20.7 Å². The van der Waals surface area contributed by atoms with Crippen LogP contribution < -0.4 is 16.5 Å². The molecule has 1 aromatic carbocycles. The summed E-state index contributed by atoms with van der Waals surface area (Å²) in [6, 6.07) is 8.32. The minimum Gasteiger partial charge on any atom is -0.477 e. The number of carboxylic acid groups (broad SMARTS) is 1. The van der Waals surface area contributed by atoms with E-state index in [1.807, 2.05) is 13.8 Å². The van der Waals surface area contributed by atoms with Gasteiger partial charge in [-0.1, -0.05) is 19.1 Å². The minimum atomic E-state index is -1.24. The number of carbonyl (C=O) groups excluding carboxylic acids is 1. The molecule has 0 radical (unpaired) electrons. The number of nitrogens with one attached hydrogen (secondary N) is 1. The second-order valence-corrected chi connectivity index (χ2v) is 5.19. The van der Waals surface area contributed by atoms with E-state index in [1.165, 1.54) is 19.2 Å². The molecule has 0 spiro atoms. The van der Waals surface area contributed by atoms with Gasteiger partial charge in [-0.15, -0.1) is 0 Å². The Morgan fingerprint density at radius 3 is 2.20 bits per heavy atom. The van der Waals surface area contributed by atoms with Gasteiger partial charge in [-0.25, -0.2) is 4.79 Å². The van der Waals surface area contributed by atoms with Crippen molar-refractivity contribution in [3.8, 4) is 11.3 Å². The number of carbonyl (C=O) groups is 2. The molecule has 0 aliphatic carbocycles. The summed E-state index contributed by atoms with van der Waals surface area (Å²) in [5.41, 5.74) is 6.12. The van der Waals surface area contributed by atoms with Crippen LogP contribution in [0.25, 0.3) is 11.3 Å². The molecule has 0 unspecified atom stereocenters. The summed E-state index contributed by atoms with van der Waals surface area (Å²) >= 11 is 0. The van der Waals surface area contributed by atoms with E-state index in [0.717, 1.165) is 12.1 Å². The Hall–Kier alpha value is -2.93. The molecule has 1 heterocycles. The van der Waals surface area contributed by atoms with Crippen LogP contribution in [0.15, 0.2) is 41.3 Å². The molecule has 4 N–H and O–H groups in total. The molecule has 1 amide bonds. The second kappa shape index (κ2) is 9.39. The first-order valence-electron chi connectivity index (χ1n) is 7.89. The fourth-order valence-electron chi connectivity index (χ4n) is 2.17. The topological polar surface area (TPSA) is 114 Å². The number of hydrogen-bond donors (Lipinski definition) is 3. The van der Waals surface area contributed by atoms with E-state index in [-0.39, 0.29) is 11.5 Å². The normalized spacial score (nSPS) is 9.76. The first kappa shape index (κ1) is 20.1. The monoisotopic (exact) mass is 345 g/mol. The van der Waals surface area contributed by atoms with Gasteiger partial charge >= 0.3 is 5.97 Å². The van der Waals surface area contributed by atoms with Gasteiger partial charge in [0.2, 0.25) is 5.91 Å². The number of aromatic carboxylic acids is 1. The lowest BCUT2D eigenvalue weighted by Gasteiger charge is -2.13. The van der Waals surface area contributed by atoms with E-state index in [0.29, 0.717) is 17.9 Å². The van der Waals surface area contributed by atoms with Crippen molar-refractivity contribution >= 4 is 17.6 Å². The molecule has 0 saturated carbocycles. The largest absolute Gasteiger partial charge is 0.477 e. The fourth-order valence-corrected chi connectivity index (χ4v) is 2.17. The van der Waals surface area contributed by atoms with Crippen LogP contribution in [-0.2, 0) is 11.3 Å². The van der Waals surface area contributed by atoms with Crippen molar-refractivity contribution < 1.29 is 14.7 Å². The van der Waals surface area contributed by atoms with E-state index in [2.05, 4.69) is 5.32 Å². The average Bonchev–Trinajstić information content (AvgIpc) is 2.55. The maximum atomic E-state index is 11.9. The first-order chi connectivity index (χ1) is 11.8. The second-order valence-electron chi connectivity index (χ2n) is 5.19. The predicted molar refractivity (Wildman–Crippen MR) is 97.8 cm³/mol. The van der Waals surface area contributed by atoms with Crippen LogP contribution in [0.3, 0.4) is 0 Å². The number of aromatic nitrogens is 1. The van der Waals surface area contributed by atoms with Crippen molar-refractivity contribution in [1.29, 1.82) is 0 Å².